The largest absolute Gasteiger partial charge is 0.417 e. The average Bonchev–Trinajstić information content (AvgIpc) is 2.99. The van der Waals surface area contributed by atoms with Crippen molar-refractivity contribution in [2.75, 3.05) is 5.01 Å². The minimum atomic E-state index is -4.69. The molecule has 0 amide bonds. The molecule has 0 radical (unpaired) electrons. The third kappa shape index (κ3) is 3.55. The van der Waals surface area contributed by atoms with E-state index in [9.17, 15) is 26.3 Å². The van der Waals surface area contributed by atoms with E-state index in [1.807, 2.05) is 0 Å². The predicted molar refractivity (Wildman–Crippen MR) is 86.1 cm³/mol. The second-order valence-corrected chi connectivity index (χ2v) is 5.92. The van der Waals surface area contributed by atoms with Crippen molar-refractivity contribution < 1.29 is 26.3 Å². The maximum Gasteiger partial charge on any atom is 0.417 e. The molecule has 1 atom stereocenters. The van der Waals surface area contributed by atoms with Crippen molar-refractivity contribution >= 4 is 11.4 Å². The fourth-order valence-electron chi connectivity index (χ4n) is 2.79. The molecule has 0 saturated carbocycles. The van der Waals surface area contributed by atoms with Gasteiger partial charge >= 0.3 is 12.4 Å². The highest BCUT2D eigenvalue weighted by molar-refractivity contribution is 5.83. The Morgan fingerprint density at radius 3 is 2.23 bits per heavy atom. The maximum atomic E-state index is 13.3. The first-order valence-electron chi connectivity index (χ1n) is 7.65. The molecule has 0 aromatic heterocycles. The molecule has 0 saturated heterocycles. The topological polar surface area (TPSA) is 15.3 Å². The summed E-state index contributed by atoms with van der Waals surface area (Å²) >= 11 is 0. The van der Waals surface area contributed by atoms with Gasteiger partial charge in [0.05, 0.1) is 16.9 Å². The van der Waals surface area contributed by atoms with Crippen molar-refractivity contribution in [1.82, 2.24) is 5.43 Å². The molecule has 1 N–H and O–H groups in total. The van der Waals surface area contributed by atoms with Crippen LogP contribution < -0.4 is 10.4 Å². The van der Waals surface area contributed by atoms with E-state index in [-0.39, 0.29) is 11.3 Å². The summed E-state index contributed by atoms with van der Waals surface area (Å²) < 4.78 is 79.6. The van der Waals surface area contributed by atoms with Crippen LogP contribution in [0.4, 0.5) is 32.0 Å². The predicted octanol–water partition coefficient (Wildman–Crippen LogP) is 5.31. The standard InChI is InChI=1S/C18H14F6N2/c1-11-5-4-6-12(9-11)26-15(10-16(25-26)18(22,23)24)13-7-2-3-8-14(13)17(19,20)21/h2-10,16,25H,1H3. The number of rotatable bonds is 2. The highest BCUT2D eigenvalue weighted by Gasteiger charge is 2.45. The Hall–Kier alpha value is -2.48. The van der Waals surface area contributed by atoms with Gasteiger partial charge in [-0.1, -0.05) is 30.3 Å². The number of benzene rings is 2. The summed E-state index contributed by atoms with van der Waals surface area (Å²) in [4.78, 5) is 0. The molecule has 1 unspecified atom stereocenters. The molecular formula is C18H14F6N2. The molecule has 1 heterocycles. The molecule has 8 heteroatoms. The number of aryl methyl sites for hydroxylation is 1. The number of hydrazine groups is 1. The molecule has 2 nitrogen and oxygen atoms in total. The van der Waals surface area contributed by atoms with Gasteiger partial charge in [-0.3, -0.25) is 5.01 Å². The minimum Gasteiger partial charge on any atom is -0.276 e. The van der Waals surface area contributed by atoms with Crippen LogP contribution in [0.5, 0.6) is 0 Å². The third-order valence-corrected chi connectivity index (χ3v) is 3.95. The van der Waals surface area contributed by atoms with Crippen LogP contribution in [-0.4, -0.2) is 12.2 Å². The summed E-state index contributed by atoms with van der Waals surface area (Å²) in [6.07, 6.45) is -8.56. The van der Waals surface area contributed by atoms with Gasteiger partial charge in [0.15, 0.2) is 0 Å². The first kappa shape index (κ1) is 18.3. The molecule has 0 bridgehead atoms. The molecule has 26 heavy (non-hydrogen) atoms. The molecule has 2 aromatic rings. The molecule has 1 aliphatic heterocycles. The lowest BCUT2D eigenvalue weighted by Gasteiger charge is -2.26. The summed E-state index contributed by atoms with van der Waals surface area (Å²) in [5, 5.41) is 1.05. The van der Waals surface area contributed by atoms with E-state index in [1.54, 1.807) is 25.1 Å². The van der Waals surface area contributed by atoms with Gasteiger partial charge in [-0.15, -0.1) is 0 Å². The maximum absolute atomic E-state index is 13.3. The number of nitrogens with zero attached hydrogens (tertiary/aromatic N) is 1. The molecule has 0 spiro atoms. The number of anilines is 1. The zero-order valence-electron chi connectivity index (χ0n) is 13.5. The Bertz CT molecular complexity index is 838. The Kier molecular flexibility index (Phi) is 4.47. The van der Waals surface area contributed by atoms with Gasteiger partial charge in [-0.2, -0.15) is 26.3 Å². The van der Waals surface area contributed by atoms with Gasteiger partial charge in [0.25, 0.3) is 0 Å². The van der Waals surface area contributed by atoms with Crippen molar-refractivity contribution in [1.29, 1.82) is 0 Å². The van der Waals surface area contributed by atoms with Crippen LogP contribution >= 0.6 is 0 Å². The van der Waals surface area contributed by atoms with Crippen molar-refractivity contribution in [2.45, 2.75) is 25.3 Å². The Morgan fingerprint density at radius 2 is 1.62 bits per heavy atom. The van der Waals surface area contributed by atoms with Crippen LogP contribution in [0, 0.1) is 6.92 Å². The zero-order chi connectivity index (χ0) is 19.1. The minimum absolute atomic E-state index is 0.189. The van der Waals surface area contributed by atoms with E-state index in [4.69, 9.17) is 0 Å². The Morgan fingerprint density at radius 1 is 0.923 bits per heavy atom. The fraction of sp³-hybridized carbons (Fsp3) is 0.222. The van der Waals surface area contributed by atoms with E-state index in [0.29, 0.717) is 5.69 Å². The molecule has 1 aliphatic rings. The quantitative estimate of drug-likeness (QED) is 0.719. The van der Waals surface area contributed by atoms with E-state index >= 15 is 0 Å². The average molecular weight is 372 g/mol. The first-order chi connectivity index (χ1) is 12.1. The molecule has 2 aromatic carbocycles. The lowest BCUT2D eigenvalue weighted by atomic mass is 10.0. The SMILES string of the molecule is Cc1cccc(N2NC(C(F)(F)F)C=C2c2ccccc2C(F)(F)F)c1. The molecule has 138 valence electrons. The summed E-state index contributed by atoms with van der Waals surface area (Å²) in [6.45, 7) is 1.74. The smallest absolute Gasteiger partial charge is 0.276 e. The van der Waals surface area contributed by atoms with Crippen molar-refractivity contribution in [3.05, 3.63) is 71.3 Å². The molecule has 0 fully saturated rings. The van der Waals surface area contributed by atoms with E-state index < -0.39 is 24.0 Å². The number of nitrogens with one attached hydrogen (secondary N) is 1. The summed E-state index contributed by atoms with van der Waals surface area (Å²) in [7, 11) is 0. The monoisotopic (exact) mass is 372 g/mol. The van der Waals surface area contributed by atoms with Gasteiger partial charge in [-0.05, 0) is 36.8 Å². The number of hydrogen-bond acceptors (Lipinski definition) is 2. The van der Waals surface area contributed by atoms with Crippen LogP contribution in [0.3, 0.4) is 0 Å². The Labute approximate surface area is 145 Å². The van der Waals surface area contributed by atoms with Gasteiger partial charge in [0.1, 0.15) is 6.04 Å². The number of hydrogen-bond donors (Lipinski definition) is 1. The van der Waals surface area contributed by atoms with Crippen molar-refractivity contribution in [2.24, 2.45) is 0 Å². The highest BCUT2D eigenvalue weighted by atomic mass is 19.4. The first-order valence-corrected chi connectivity index (χ1v) is 7.65. The van der Waals surface area contributed by atoms with Crippen molar-refractivity contribution in [3.63, 3.8) is 0 Å². The van der Waals surface area contributed by atoms with Gasteiger partial charge in [0.2, 0.25) is 0 Å². The van der Waals surface area contributed by atoms with Crippen LogP contribution in [0.2, 0.25) is 0 Å². The Balaban J connectivity index is 2.15. The van der Waals surface area contributed by atoms with Crippen LogP contribution in [0.1, 0.15) is 16.7 Å². The van der Waals surface area contributed by atoms with Gasteiger partial charge in [-0.25, -0.2) is 5.43 Å². The molecule has 0 aliphatic carbocycles. The lowest BCUT2D eigenvalue weighted by molar-refractivity contribution is -0.142. The van der Waals surface area contributed by atoms with E-state index in [0.717, 1.165) is 28.8 Å². The molecule has 3 rings (SSSR count). The second kappa shape index (κ2) is 6.35. The van der Waals surface area contributed by atoms with Crippen LogP contribution in [0.15, 0.2) is 54.6 Å². The zero-order valence-corrected chi connectivity index (χ0v) is 13.5. The molecular weight excluding hydrogens is 358 g/mol. The van der Waals surface area contributed by atoms with Crippen molar-refractivity contribution in [3.8, 4) is 0 Å². The summed E-state index contributed by atoms with van der Waals surface area (Å²) in [5.74, 6) is 0. The lowest BCUT2D eigenvalue weighted by Crippen LogP contribution is -2.44. The highest BCUT2D eigenvalue weighted by Crippen LogP contribution is 2.40. The second-order valence-electron chi connectivity index (χ2n) is 5.92. The van der Waals surface area contributed by atoms with Gasteiger partial charge in [0, 0.05) is 5.56 Å². The number of halogens is 6. The van der Waals surface area contributed by atoms with E-state index in [1.165, 1.54) is 18.2 Å². The summed E-state index contributed by atoms with van der Waals surface area (Å²) in [5.41, 5.74) is 1.84. The summed E-state index contributed by atoms with van der Waals surface area (Å²) in [6, 6.07) is 8.99. The normalized spacial score (nSPS) is 18.2. The third-order valence-electron chi connectivity index (χ3n) is 3.95. The fourth-order valence-corrected chi connectivity index (χ4v) is 2.79. The number of alkyl halides is 6. The van der Waals surface area contributed by atoms with Crippen LogP contribution in [-0.2, 0) is 6.18 Å². The van der Waals surface area contributed by atoms with E-state index in [2.05, 4.69) is 5.43 Å². The van der Waals surface area contributed by atoms with Gasteiger partial charge < -0.3 is 0 Å². The van der Waals surface area contributed by atoms with Crippen LogP contribution in [0.25, 0.3) is 5.70 Å².